The number of fused-ring (bicyclic) bond motifs is 1. The Kier molecular flexibility index (Phi) is 5.04. The van der Waals surface area contributed by atoms with Crippen molar-refractivity contribution >= 4 is 5.65 Å². The van der Waals surface area contributed by atoms with Crippen molar-refractivity contribution in [2.24, 2.45) is 0 Å². The maximum Gasteiger partial charge on any atom is 0.275 e. The van der Waals surface area contributed by atoms with Gasteiger partial charge < -0.3 is 23.5 Å². The van der Waals surface area contributed by atoms with Crippen molar-refractivity contribution in [3.8, 4) is 29.0 Å². The molecule has 4 aromatic heterocycles. The van der Waals surface area contributed by atoms with Crippen LogP contribution in [-0.2, 0) is 11.3 Å². The van der Waals surface area contributed by atoms with Crippen LogP contribution in [0.5, 0.6) is 17.5 Å². The van der Waals surface area contributed by atoms with E-state index in [4.69, 9.17) is 23.5 Å². The Bertz CT molecular complexity index is 1180. The van der Waals surface area contributed by atoms with E-state index in [0.29, 0.717) is 53.5 Å². The minimum absolute atomic E-state index is 0.0167. The molecule has 0 spiro atoms. The summed E-state index contributed by atoms with van der Waals surface area (Å²) in [6.07, 6.45) is 0.863. The maximum atomic E-state index is 5.84. The fourth-order valence-corrected chi connectivity index (χ4v) is 3.08. The molecule has 5 rings (SSSR count). The molecule has 0 N–H and O–H groups in total. The second-order valence-corrected chi connectivity index (χ2v) is 6.89. The second kappa shape index (κ2) is 8.14. The predicted octanol–water partition coefficient (Wildman–Crippen LogP) is 1.63. The first-order valence-electron chi connectivity index (χ1n) is 9.63. The number of hydrogen-bond acceptors (Lipinski definition) is 11. The van der Waals surface area contributed by atoms with Gasteiger partial charge in [-0.3, -0.25) is 0 Å². The number of aromatic nitrogens is 7. The normalized spacial score (nSPS) is 16.0. The van der Waals surface area contributed by atoms with Gasteiger partial charge in [-0.05, 0) is 13.0 Å². The molecule has 31 heavy (non-hydrogen) atoms. The smallest absolute Gasteiger partial charge is 0.275 e. The van der Waals surface area contributed by atoms with Crippen LogP contribution in [0.1, 0.15) is 17.9 Å². The Morgan fingerprint density at radius 3 is 2.81 bits per heavy atom. The highest BCUT2D eigenvalue weighted by Crippen LogP contribution is 2.28. The number of ether oxygens (including phenoxy) is 4. The molecule has 1 fully saturated rings. The van der Waals surface area contributed by atoms with Crippen LogP contribution in [0.2, 0.25) is 0 Å². The second-order valence-electron chi connectivity index (χ2n) is 6.89. The molecule has 1 saturated heterocycles. The van der Waals surface area contributed by atoms with E-state index in [1.165, 1.54) is 11.6 Å². The molecule has 0 saturated carbocycles. The van der Waals surface area contributed by atoms with Crippen LogP contribution >= 0.6 is 0 Å². The summed E-state index contributed by atoms with van der Waals surface area (Å²) < 4.78 is 28.9. The van der Waals surface area contributed by atoms with Gasteiger partial charge in [0.25, 0.3) is 5.88 Å². The van der Waals surface area contributed by atoms with Crippen molar-refractivity contribution in [2.45, 2.75) is 26.1 Å². The molecule has 1 aliphatic rings. The van der Waals surface area contributed by atoms with Crippen LogP contribution in [-0.4, -0.2) is 61.6 Å². The molecule has 12 heteroatoms. The largest absolute Gasteiger partial charge is 0.491 e. The van der Waals surface area contributed by atoms with Gasteiger partial charge >= 0.3 is 0 Å². The molecule has 0 aromatic carbocycles. The molecular formula is C19H19N7O5. The van der Waals surface area contributed by atoms with E-state index in [9.17, 15) is 0 Å². The molecule has 0 radical (unpaired) electrons. The average molecular weight is 425 g/mol. The standard InChI is InChI=1S/C19H19N7O5/c1-11-7-14(25-31-11)18-23-21-16-8-15(27-2)19(24-26(16)18)29-9-12-3-4-17(22-20-12)30-13-5-6-28-10-13/h3-4,7-8,13H,5-6,9-10H2,1-2H3. The zero-order valence-electron chi connectivity index (χ0n) is 16.9. The van der Waals surface area contributed by atoms with Crippen molar-refractivity contribution < 1.29 is 23.5 Å². The summed E-state index contributed by atoms with van der Waals surface area (Å²) in [5, 5.41) is 24.9. The Morgan fingerprint density at radius 1 is 1.16 bits per heavy atom. The van der Waals surface area contributed by atoms with Crippen LogP contribution in [0.3, 0.4) is 0 Å². The van der Waals surface area contributed by atoms with E-state index >= 15 is 0 Å². The highest BCUT2D eigenvalue weighted by Gasteiger charge is 2.19. The molecule has 12 nitrogen and oxygen atoms in total. The van der Waals surface area contributed by atoms with Crippen LogP contribution in [0, 0.1) is 6.92 Å². The van der Waals surface area contributed by atoms with Gasteiger partial charge in [-0.1, -0.05) is 5.16 Å². The monoisotopic (exact) mass is 425 g/mol. The molecule has 0 bridgehead atoms. The zero-order valence-corrected chi connectivity index (χ0v) is 16.9. The predicted molar refractivity (Wildman–Crippen MR) is 104 cm³/mol. The lowest BCUT2D eigenvalue weighted by molar-refractivity contribution is 0.137. The number of rotatable bonds is 7. The lowest BCUT2D eigenvalue weighted by Gasteiger charge is -2.11. The maximum absolute atomic E-state index is 5.84. The van der Waals surface area contributed by atoms with Gasteiger partial charge in [-0.15, -0.1) is 25.5 Å². The number of hydrogen-bond donors (Lipinski definition) is 0. The third-order valence-electron chi connectivity index (χ3n) is 4.63. The van der Waals surface area contributed by atoms with Crippen molar-refractivity contribution in [1.29, 1.82) is 0 Å². The van der Waals surface area contributed by atoms with Gasteiger partial charge in [0.15, 0.2) is 17.1 Å². The highest BCUT2D eigenvalue weighted by molar-refractivity contribution is 5.56. The van der Waals surface area contributed by atoms with Crippen molar-refractivity contribution in [3.63, 3.8) is 0 Å². The Hall–Kier alpha value is -3.80. The van der Waals surface area contributed by atoms with Gasteiger partial charge in [0.05, 0.1) is 20.3 Å². The van der Waals surface area contributed by atoms with Crippen molar-refractivity contribution in [1.82, 2.24) is 35.2 Å². The van der Waals surface area contributed by atoms with Crippen molar-refractivity contribution in [2.75, 3.05) is 20.3 Å². The third-order valence-corrected chi connectivity index (χ3v) is 4.63. The zero-order chi connectivity index (χ0) is 21.2. The summed E-state index contributed by atoms with van der Waals surface area (Å²) in [5.74, 6) is 2.20. The molecule has 5 heterocycles. The first kappa shape index (κ1) is 19.2. The fourth-order valence-electron chi connectivity index (χ4n) is 3.08. The summed E-state index contributed by atoms with van der Waals surface area (Å²) in [5.41, 5.74) is 1.61. The van der Waals surface area contributed by atoms with Gasteiger partial charge in [-0.25, -0.2) is 0 Å². The molecule has 1 aliphatic heterocycles. The lowest BCUT2D eigenvalue weighted by atomic mass is 10.3. The van der Waals surface area contributed by atoms with E-state index in [0.717, 1.165) is 6.42 Å². The Morgan fingerprint density at radius 2 is 2.10 bits per heavy atom. The fraction of sp³-hybridized carbons (Fsp3) is 0.368. The minimum Gasteiger partial charge on any atom is -0.491 e. The topological polar surface area (TPSA) is 132 Å². The number of nitrogens with zero attached hydrogens (tertiary/aromatic N) is 7. The summed E-state index contributed by atoms with van der Waals surface area (Å²) in [6.45, 7) is 3.20. The van der Waals surface area contributed by atoms with E-state index < -0.39 is 0 Å². The van der Waals surface area contributed by atoms with E-state index in [2.05, 4.69) is 30.7 Å². The minimum atomic E-state index is 0.0167. The number of methoxy groups -OCH3 is 1. The Balaban J connectivity index is 1.34. The number of aryl methyl sites for hydroxylation is 1. The van der Waals surface area contributed by atoms with Gasteiger partial charge in [0, 0.05) is 24.6 Å². The first-order chi connectivity index (χ1) is 15.2. The molecule has 4 aromatic rings. The van der Waals surface area contributed by atoms with Crippen LogP contribution < -0.4 is 14.2 Å². The molecular weight excluding hydrogens is 406 g/mol. The van der Waals surface area contributed by atoms with Gasteiger partial charge in [0.1, 0.15) is 24.2 Å². The quantitative estimate of drug-likeness (QED) is 0.428. The summed E-state index contributed by atoms with van der Waals surface area (Å²) >= 11 is 0. The van der Waals surface area contributed by atoms with Crippen LogP contribution in [0.25, 0.3) is 17.2 Å². The lowest BCUT2D eigenvalue weighted by Crippen LogP contribution is -2.16. The van der Waals surface area contributed by atoms with Crippen LogP contribution in [0.4, 0.5) is 0 Å². The average Bonchev–Trinajstić information content (AvgIpc) is 3.53. The molecule has 160 valence electrons. The summed E-state index contributed by atoms with van der Waals surface area (Å²) in [4.78, 5) is 0. The highest BCUT2D eigenvalue weighted by atomic mass is 16.6. The van der Waals surface area contributed by atoms with E-state index in [1.54, 1.807) is 31.2 Å². The van der Waals surface area contributed by atoms with Crippen LogP contribution in [0.15, 0.2) is 28.8 Å². The SMILES string of the molecule is COc1cc2nnc(-c3cc(C)on3)n2nc1OCc1ccc(OC2CCOC2)nn1. The molecule has 1 unspecified atom stereocenters. The molecule has 0 amide bonds. The molecule has 1 atom stereocenters. The Labute approximate surface area is 176 Å². The first-order valence-corrected chi connectivity index (χ1v) is 9.63. The van der Waals surface area contributed by atoms with Gasteiger partial charge in [-0.2, -0.15) is 4.52 Å². The molecule has 0 aliphatic carbocycles. The third kappa shape index (κ3) is 3.97. The van der Waals surface area contributed by atoms with E-state index in [-0.39, 0.29) is 18.6 Å². The van der Waals surface area contributed by atoms with Gasteiger partial charge in [0.2, 0.25) is 11.7 Å². The van der Waals surface area contributed by atoms with Crippen molar-refractivity contribution in [3.05, 3.63) is 35.7 Å². The van der Waals surface area contributed by atoms with E-state index in [1.807, 2.05) is 0 Å². The summed E-state index contributed by atoms with van der Waals surface area (Å²) in [6, 6.07) is 6.96. The summed E-state index contributed by atoms with van der Waals surface area (Å²) in [7, 11) is 1.53.